The van der Waals surface area contributed by atoms with Crippen LogP contribution in [0.15, 0.2) is 47.7 Å². The lowest BCUT2D eigenvalue weighted by molar-refractivity contribution is -0.255. The van der Waals surface area contributed by atoms with E-state index >= 15 is 0 Å². The molecule has 266 valence electrons. The van der Waals surface area contributed by atoms with Gasteiger partial charge in [-0.25, -0.2) is 4.79 Å². The normalized spacial score (nSPS) is 28.1. The van der Waals surface area contributed by atoms with Crippen LogP contribution in [0.5, 0.6) is 11.5 Å². The van der Waals surface area contributed by atoms with Crippen molar-refractivity contribution in [3.8, 4) is 11.5 Å². The number of unbranched alkanes of at least 4 members (excludes halogenated alkanes) is 2. The molecule has 1 saturated carbocycles. The van der Waals surface area contributed by atoms with E-state index in [0.29, 0.717) is 38.2 Å². The van der Waals surface area contributed by atoms with Gasteiger partial charge < -0.3 is 34.0 Å². The summed E-state index contributed by atoms with van der Waals surface area (Å²) in [6.45, 7) is 10.7. The Hall–Kier alpha value is -3.12. The first-order chi connectivity index (χ1) is 23.5. The second-order valence-electron chi connectivity index (χ2n) is 13.3. The molecule has 0 unspecified atom stereocenters. The Morgan fingerprint density at radius 1 is 1.17 bits per heavy atom. The molecule has 2 heterocycles. The number of hydrogen-bond donors (Lipinski definition) is 2. The Balaban J connectivity index is 1.72. The number of hydrogen-bond acceptors (Lipinski definition) is 10. The summed E-state index contributed by atoms with van der Waals surface area (Å²) in [6, 6.07) is 5.50. The fraction of sp³-hybridized carbons (Fsp3) is 0.676. The zero-order valence-electron chi connectivity index (χ0n) is 29.0. The number of carbonyl (C=O) groups is 1. The first kappa shape index (κ1) is 36.2. The van der Waals surface area contributed by atoms with E-state index < -0.39 is 17.9 Å². The van der Waals surface area contributed by atoms with Gasteiger partial charge in [-0.2, -0.15) is 0 Å². The smallest absolute Gasteiger partial charge is 0.409 e. The molecule has 1 aromatic carbocycles. The van der Waals surface area contributed by atoms with Crippen LogP contribution >= 0.6 is 0 Å². The number of allylic oxidation sites excluding steroid dienone is 1. The van der Waals surface area contributed by atoms with Crippen LogP contribution in [-0.2, 0) is 14.3 Å². The van der Waals surface area contributed by atoms with Gasteiger partial charge >= 0.3 is 6.09 Å². The van der Waals surface area contributed by atoms with Crippen LogP contribution in [0.3, 0.4) is 0 Å². The monoisotopic (exact) mass is 669 g/mol. The van der Waals surface area contributed by atoms with Crippen molar-refractivity contribution in [3.05, 3.63) is 48.1 Å². The van der Waals surface area contributed by atoms with E-state index in [-0.39, 0.29) is 43.5 Å². The molecule has 6 atom stereocenters. The number of aliphatic hydroxyl groups is 2. The minimum atomic E-state index is -1.28. The van der Waals surface area contributed by atoms with E-state index in [1.807, 2.05) is 19.1 Å². The first-order valence-electron chi connectivity index (χ1n) is 17.8. The maximum Gasteiger partial charge on any atom is 0.409 e. The van der Waals surface area contributed by atoms with Crippen molar-refractivity contribution in [2.75, 3.05) is 66.8 Å². The van der Waals surface area contributed by atoms with E-state index in [9.17, 15) is 15.0 Å². The number of benzene rings is 1. The van der Waals surface area contributed by atoms with Crippen molar-refractivity contribution >= 4 is 11.8 Å². The molecular formula is C37H55N3O8. The van der Waals surface area contributed by atoms with Gasteiger partial charge in [-0.1, -0.05) is 37.1 Å². The summed E-state index contributed by atoms with van der Waals surface area (Å²) >= 11 is 0. The van der Waals surface area contributed by atoms with Crippen molar-refractivity contribution in [2.45, 2.75) is 76.0 Å². The van der Waals surface area contributed by atoms with Gasteiger partial charge in [-0.15, -0.1) is 6.58 Å². The summed E-state index contributed by atoms with van der Waals surface area (Å²) in [5.41, 5.74) is 2.82. The number of fused-ring (bicyclic) bond motifs is 2. The Labute approximate surface area is 285 Å². The topological polar surface area (TPSA) is 122 Å². The van der Waals surface area contributed by atoms with Crippen molar-refractivity contribution in [3.63, 3.8) is 0 Å². The lowest BCUT2D eigenvalue weighted by atomic mass is 9.55. The lowest BCUT2D eigenvalue weighted by Gasteiger charge is -2.59. The minimum Gasteiger partial charge on any atom is -0.492 e. The summed E-state index contributed by atoms with van der Waals surface area (Å²) in [4.78, 5) is 23.0. The standard InChI is InChI=1S/C37H55N3O8/c1-5-15-40(36(43)44-3)33-25-31(38-45-4)29-23-26(11-7-9-19-41)28(12-8-10-20-42)34-30-24-27(46-22-18-39-16-17-39)13-14-32(30)48-37(33,35(29)34)47-21-6-2/h6,13-14,23-24,26,28,33-35,41-42H,2,5,7-12,15-22,25H2,1,3-4H3/t26-,28+,33-,34+,35+,37+/m0/s1. The number of amides is 1. The number of nitrogens with zero attached hydrogens (tertiary/aromatic N) is 3. The first-order valence-corrected chi connectivity index (χ1v) is 17.8. The third-order valence-corrected chi connectivity index (χ3v) is 10.3. The summed E-state index contributed by atoms with van der Waals surface area (Å²) < 4.78 is 25.7. The molecule has 4 aliphatic rings. The number of rotatable bonds is 19. The molecule has 48 heavy (non-hydrogen) atoms. The van der Waals surface area contributed by atoms with Crippen molar-refractivity contribution in [1.82, 2.24) is 9.80 Å². The molecule has 2 fully saturated rings. The quantitative estimate of drug-likeness (QED) is 0.0895. The second kappa shape index (κ2) is 17.0. The molecule has 11 heteroatoms. The molecular weight excluding hydrogens is 614 g/mol. The fourth-order valence-electron chi connectivity index (χ4n) is 8.17. The van der Waals surface area contributed by atoms with Gasteiger partial charge in [0.1, 0.15) is 31.3 Å². The van der Waals surface area contributed by atoms with Gasteiger partial charge in [0, 0.05) is 57.3 Å². The predicted octanol–water partition coefficient (Wildman–Crippen LogP) is 5.12. The molecule has 1 aromatic rings. The van der Waals surface area contributed by atoms with Gasteiger partial charge in [0.2, 0.25) is 5.79 Å². The van der Waals surface area contributed by atoms with Gasteiger partial charge in [0.05, 0.1) is 25.3 Å². The highest BCUT2D eigenvalue weighted by Gasteiger charge is 2.65. The maximum absolute atomic E-state index is 13.5. The van der Waals surface area contributed by atoms with Crippen molar-refractivity contribution in [1.29, 1.82) is 0 Å². The van der Waals surface area contributed by atoms with Crippen molar-refractivity contribution in [2.24, 2.45) is 22.9 Å². The van der Waals surface area contributed by atoms with E-state index in [1.165, 1.54) is 7.11 Å². The zero-order chi connectivity index (χ0) is 34.1. The second-order valence-corrected chi connectivity index (χ2v) is 13.3. The van der Waals surface area contributed by atoms with Crippen LogP contribution in [0.4, 0.5) is 4.79 Å². The molecule has 0 bridgehead atoms. The van der Waals surface area contributed by atoms with Gasteiger partial charge in [-0.3, -0.25) is 9.80 Å². The molecule has 0 aromatic heterocycles. The van der Waals surface area contributed by atoms with E-state index in [2.05, 4.69) is 28.8 Å². The van der Waals surface area contributed by atoms with Crippen molar-refractivity contribution < 1.29 is 38.8 Å². The largest absolute Gasteiger partial charge is 0.492 e. The number of carbonyl (C=O) groups excluding carboxylic acids is 1. The Morgan fingerprint density at radius 2 is 1.94 bits per heavy atom. The van der Waals surface area contributed by atoms with E-state index in [0.717, 1.165) is 74.3 Å². The predicted molar refractivity (Wildman–Crippen MR) is 183 cm³/mol. The summed E-state index contributed by atoms with van der Waals surface area (Å²) in [5, 5.41) is 24.0. The zero-order valence-corrected chi connectivity index (χ0v) is 29.0. The Morgan fingerprint density at radius 3 is 2.60 bits per heavy atom. The Bertz CT molecular complexity index is 1300. The Kier molecular flexibility index (Phi) is 12.8. The number of methoxy groups -OCH3 is 1. The van der Waals surface area contributed by atoms with Crippen LogP contribution in [-0.4, -0.2) is 110 Å². The molecule has 1 amide bonds. The maximum atomic E-state index is 13.5. The molecule has 2 aliphatic carbocycles. The van der Waals surface area contributed by atoms with Crippen LogP contribution < -0.4 is 9.47 Å². The lowest BCUT2D eigenvalue weighted by Crippen LogP contribution is -2.70. The molecule has 5 rings (SSSR count). The third-order valence-electron chi connectivity index (χ3n) is 10.3. The summed E-state index contributed by atoms with van der Waals surface area (Å²) in [6.07, 6.45) is 9.61. The number of ether oxygens (including phenoxy) is 4. The van der Waals surface area contributed by atoms with Gasteiger partial charge in [0.15, 0.2) is 0 Å². The molecule has 2 aliphatic heterocycles. The highest BCUT2D eigenvalue weighted by Crippen LogP contribution is 2.61. The molecule has 2 N–H and O–H groups in total. The molecule has 0 radical (unpaired) electrons. The minimum absolute atomic E-state index is 0.0851. The van der Waals surface area contributed by atoms with Crippen LogP contribution in [0.1, 0.15) is 69.8 Å². The average molecular weight is 670 g/mol. The third kappa shape index (κ3) is 7.69. The molecule has 11 nitrogen and oxygen atoms in total. The summed E-state index contributed by atoms with van der Waals surface area (Å²) in [7, 11) is 2.95. The molecule has 1 saturated heterocycles. The SMILES string of the molecule is C=CCO[C@@]12Oc3ccc(OCCN4CC4)cc3[C@H]3[C@H](CCCCO)[C@@H](CCCCO)C=C(C(=NOC)C[C@@H]1N(CCC)C(=O)OC)[C@H]32. The van der Waals surface area contributed by atoms with Crippen LogP contribution in [0.25, 0.3) is 0 Å². The van der Waals surface area contributed by atoms with Gasteiger partial charge in [0.25, 0.3) is 0 Å². The average Bonchev–Trinajstić information content (AvgIpc) is 3.93. The van der Waals surface area contributed by atoms with Crippen LogP contribution in [0, 0.1) is 17.8 Å². The fourth-order valence-corrected chi connectivity index (χ4v) is 8.17. The highest BCUT2D eigenvalue weighted by atomic mass is 16.7. The summed E-state index contributed by atoms with van der Waals surface area (Å²) in [5.74, 6) is 0.126. The molecule has 0 spiro atoms. The van der Waals surface area contributed by atoms with E-state index in [4.69, 9.17) is 23.8 Å². The number of oxime groups is 1. The van der Waals surface area contributed by atoms with E-state index in [1.54, 1.807) is 18.1 Å². The number of aliphatic hydroxyl groups excluding tert-OH is 2. The van der Waals surface area contributed by atoms with Gasteiger partial charge in [-0.05, 0) is 67.7 Å². The highest BCUT2D eigenvalue weighted by molar-refractivity contribution is 6.02. The van der Waals surface area contributed by atoms with Crippen LogP contribution in [0.2, 0.25) is 0 Å².